The van der Waals surface area contributed by atoms with E-state index in [2.05, 4.69) is 9.97 Å². The Labute approximate surface area is 77.0 Å². The first kappa shape index (κ1) is 10.8. The molecule has 0 aliphatic rings. The molecule has 0 bridgehead atoms. The Morgan fingerprint density at radius 2 is 2.17 bits per heavy atom. The third-order valence-electron chi connectivity index (χ3n) is 1.19. The quantitative estimate of drug-likeness (QED) is 0.642. The minimum absolute atomic E-state index is 0. The first-order valence-corrected chi connectivity index (χ1v) is 3.19. The van der Waals surface area contributed by atoms with Crippen LogP contribution in [0.15, 0.2) is 12.3 Å². The number of aldehydes is 1. The van der Waals surface area contributed by atoms with Crippen molar-refractivity contribution in [3.8, 4) is 0 Å². The first-order valence-electron chi connectivity index (χ1n) is 3.19. The molecule has 5 heteroatoms. The minimum atomic E-state index is 0. The molecular formula is C7H10ClN3O. The molecule has 0 radical (unpaired) electrons. The molecule has 66 valence electrons. The molecule has 0 N–H and O–H groups in total. The number of rotatable bonds is 2. The van der Waals surface area contributed by atoms with E-state index >= 15 is 0 Å². The van der Waals surface area contributed by atoms with E-state index in [1.54, 1.807) is 17.2 Å². The Morgan fingerprint density at radius 1 is 1.50 bits per heavy atom. The van der Waals surface area contributed by atoms with E-state index in [0.717, 1.165) is 0 Å². The van der Waals surface area contributed by atoms with Gasteiger partial charge in [0.05, 0.1) is 0 Å². The van der Waals surface area contributed by atoms with Gasteiger partial charge in [-0.1, -0.05) is 0 Å². The summed E-state index contributed by atoms with van der Waals surface area (Å²) in [5.41, 5.74) is 0.406. The normalized spacial score (nSPS) is 8.50. The average Bonchev–Trinajstić information content (AvgIpc) is 2.05. The van der Waals surface area contributed by atoms with Gasteiger partial charge < -0.3 is 4.90 Å². The number of carbonyl (C=O) groups is 1. The van der Waals surface area contributed by atoms with E-state index in [4.69, 9.17) is 0 Å². The van der Waals surface area contributed by atoms with Crippen molar-refractivity contribution >= 4 is 24.6 Å². The minimum Gasteiger partial charge on any atom is -0.347 e. The molecule has 12 heavy (non-hydrogen) atoms. The fraction of sp³-hybridized carbons (Fsp3) is 0.286. The fourth-order valence-electron chi connectivity index (χ4n) is 0.643. The second kappa shape index (κ2) is 4.66. The summed E-state index contributed by atoms with van der Waals surface area (Å²) in [4.78, 5) is 19.9. The lowest BCUT2D eigenvalue weighted by Gasteiger charge is -2.08. The lowest BCUT2D eigenvalue weighted by molar-refractivity contribution is 0.111. The van der Waals surface area contributed by atoms with Crippen LogP contribution < -0.4 is 4.90 Å². The van der Waals surface area contributed by atoms with E-state index in [0.29, 0.717) is 17.9 Å². The third kappa shape index (κ3) is 2.47. The van der Waals surface area contributed by atoms with Crippen LogP contribution in [-0.2, 0) is 0 Å². The van der Waals surface area contributed by atoms with E-state index in [-0.39, 0.29) is 12.4 Å². The zero-order valence-corrected chi connectivity index (χ0v) is 7.71. The van der Waals surface area contributed by atoms with Crippen molar-refractivity contribution in [1.29, 1.82) is 0 Å². The molecule has 0 fully saturated rings. The summed E-state index contributed by atoms with van der Waals surface area (Å²) in [7, 11) is 3.65. The zero-order valence-electron chi connectivity index (χ0n) is 6.89. The van der Waals surface area contributed by atoms with Crippen molar-refractivity contribution in [2.24, 2.45) is 0 Å². The fourth-order valence-corrected chi connectivity index (χ4v) is 0.643. The van der Waals surface area contributed by atoms with Gasteiger partial charge in [0.15, 0.2) is 6.29 Å². The highest BCUT2D eigenvalue weighted by Gasteiger charge is 1.98. The van der Waals surface area contributed by atoms with Crippen molar-refractivity contribution in [3.05, 3.63) is 18.0 Å². The van der Waals surface area contributed by atoms with Crippen molar-refractivity contribution < 1.29 is 4.79 Å². The van der Waals surface area contributed by atoms with Crippen LogP contribution in [0.5, 0.6) is 0 Å². The molecule has 0 aliphatic heterocycles. The summed E-state index contributed by atoms with van der Waals surface area (Å²) in [6, 6.07) is 1.57. The second-order valence-corrected chi connectivity index (χ2v) is 2.29. The average molecular weight is 188 g/mol. The van der Waals surface area contributed by atoms with Gasteiger partial charge in [0.1, 0.15) is 5.69 Å². The van der Waals surface area contributed by atoms with Crippen molar-refractivity contribution in [2.45, 2.75) is 0 Å². The molecular weight excluding hydrogens is 178 g/mol. The number of anilines is 1. The van der Waals surface area contributed by atoms with Gasteiger partial charge >= 0.3 is 0 Å². The maximum Gasteiger partial charge on any atom is 0.225 e. The molecule has 0 atom stereocenters. The third-order valence-corrected chi connectivity index (χ3v) is 1.19. The zero-order chi connectivity index (χ0) is 8.27. The van der Waals surface area contributed by atoms with E-state index in [1.807, 2.05) is 14.1 Å². The van der Waals surface area contributed by atoms with Crippen LogP contribution in [0.4, 0.5) is 5.95 Å². The van der Waals surface area contributed by atoms with Crippen molar-refractivity contribution in [3.63, 3.8) is 0 Å². The first-order chi connectivity index (χ1) is 5.24. The Balaban J connectivity index is 0.00000121. The van der Waals surface area contributed by atoms with Gasteiger partial charge in [0.2, 0.25) is 5.95 Å². The van der Waals surface area contributed by atoms with Crippen LogP contribution in [0.25, 0.3) is 0 Å². The van der Waals surface area contributed by atoms with Gasteiger partial charge in [-0.2, -0.15) is 0 Å². The topological polar surface area (TPSA) is 46.1 Å². The van der Waals surface area contributed by atoms with Crippen LogP contribution in [0.2, 0.25) is 0 Å². The number of nitrogens with zero attached hydrogens (tertiary/aromatic N) is 3. The highest BCUT2D eigenvalue weighted by molar-refractivity contribution is 5.85. The molecule has 0 saturated carbocycles. The van der Waals surface area contributed by atoms with Crippen molar-refractivity contribution in [1.82, 2.24) is 9.97 Å². The smallest absolute Gasteiger partial charge is 0.225 e. The van der Waals surface area contributed by atoms with Gasteiger partial charge in [-0.15, -0.1) is 12.4 Å². The molecule has 0 amide bonds. The standard InChI is InChI=1S/C7H9N3O.ClH/c1-10(2)7-8-4-3-6(5-11)9-7;/h3-5H,1-2H3;1H. The lowest BCUT2D eigenvalue weighted by atomic mass is 10.4. The van der Waals surface area contributed by atoms with E-state index in [9.17, 15) is 4.79 Å². The maximum atomic E-state index is 10.3. The lowest BCUT2D eigenvalue weighted by Crippen LogP contribution is -2.13. The summed E-state index contributed by atoms with van der Waals surface area (Å²) in [5.74, 6) is 0.551. The second-order valence-electron chi connectivity index (χ2n) is 2.29. The summed E-state index contributed by atoms with van der Waals surface area (Å²) in [6.45, 7) is 0. The summed E-state index contributed by atoms with van der Waals surface area (Å²) >= 11 is 0. The Kier molecular flexibility index (Phi) is 4.21. The molecule has 0 saturated heterocycles. The summed E-state index contributed by atoms with van der Waals surface area (Å²) < 4.78 is 0. The molecule has 1 aromatic heterocycles. The van der Waals surface area contributed by atoms with Crippen LogP contribution in [0, 0.1) is 0 Å². The van der Waals surface area contributed by atoms with Crippen LogP contribution in [0.3, 0.4) is 0 Å². The van der Waals surface area contributed by atoms with Crippen LogP contribution in [-0.4, -0.2) is 30.3 Å². The predicted molar refractivity (Wildman–Crippen MR) is 49.0 cm³/mol. The SMILES string of the molecule is CN(C)c1nccc(C=O)n1.Cl. The van der Waals surface area contributed by atoms with E-state index in [1.165, 1.54) is 0 Å². The van der Waals surface area contributed by atoms with Gasteiger partial charge in [-0.25, -0.2) is 9.97 Å². The van der Waals surface area contributed by atoms with Crippen LogP contribution >= 0.6 is 12.4 Å². The molecule has 0 unspecified atom stereocenters. The van der Waals surface area contributed by atoms with Gasteiger partial charge in [-0.05, 0) is 6.07 Å². The number of halogens is 1. The molecule has 1 rings (SSSR count). The largest absolute Gasteiger partial charge is 0.347 e. The van der Waals surface area contributed by atoms with Crippen LogP contribution in [0.1, 0.15) is 10.5 Å². The monoisotopic (exact) mass is 187 g/mol. The Hall–Kier alpha value is -1.16. The predicted octanol–water partition coefficient (Wildman–Crippen LogP) is 0.777. The molecule has 0 spiro atoms. The number of hydrogen-bond donors (Lipinski definition) is 0. The summed E-state index contributed by atoms with van der Waals surface area (Å²) in [5, 5.41) is 0. The highest BCUT2D eigenvalue weighted by Crippen LogP contribution is 2.00. The van der Waals surface area contributed by atoms with Gasteiger partial charge in [0, 0.05) is 20.3 Å². The molecule has 4 nitrogen and oxygen atoms in total. The number of hydrogen-bond acceptors (Lipinski definition) is 4. The Morgan fingerprint density at radius 3 is 2.67 bits per heavy atom. The Bertz CT molecular complexity index is 265. The summed E-state index contributed by atoms with van der Waals surface area (Å²) in [6.07, 6.45) is 2.26. The molecule has 0 aliphatic carbocycles. The molecule has 1 aromatic rings. The van der Waals surface area contributed by atoms with E-state index < -0.39 is 0 Å². The molecule has 0 aromatic carbocycles. The van der Waals surface area contributed by atoms with Gasteiger partial charge in [-0.3, -0.25) is 4.79 Å². The maximum absolute atomic E-state index is 10.3. The highest BCUT2D eigenvalue weighted by atomic mass is 35.5. The van der Waals surface area contributed by atoms with Crippen molar-refractivity contribution in [2.75, 3.05) is 19.0 Å². The number of carbonyl (C=O) groups excluding carboxylic acids is 1. The van der Waals surface area contributed by atoms with Gasteiger partial charge in [0.25, 0.3) is 0 Å². The molecule has 1 heterocycles. The number of aromatic nitrogens is 2.